The number of aromatic nitrogens is 2. The number of hydrogen-bond acceptors (Lipinski definition) is 3. The Balaban J connectivity index is 1.68. The number of alkyl halides is 3. The number of rotatable bonds is 7. The molecular weight excluding hydrogens is 423 g/mol. The first-order valence-corrected chi connectivity index (χ1v) is 10.00. The molecule has 1 amide bonds. The zero-order valence-electron chi connectivity index (χ0n) is 15.1. The molecule has 0 radical (unpaired) electrons. The average molecular weight is 440 g/mol. The van der Waals surface area contributed by atoms with E-state index in [1.807, 2.05) is 6.07 Å². The summed E-state index contributed by atoms with van der Waals surface area (Å²) < 4.78 is 40.3. The van der Waals surface area contributed by atoms with Crippen molar-refractivity contribution in [2.45, 2.75) is 24.4 Å². The lowest BCUT2D eigenvalue weighted by atomic mass is 10.2. The van der Waals surface area contributed by atoms with Crippen LogP contribution in [0.25, 0.3) is 11.3 Å². The highest BCUT2D eigenvalue weighted by atomic mass is 35.5. The molecule has 0 bridgehead atoms. The number of carbonyl (C=O) groups is 1. The number of carbonyl (C=O) groups excluding carboxylic acids is 1. The molecule has 3 aromatic rings. The van der Waals surface area contributed by atoms with Gasteiger partial charge in [0.05, 0.1) is 17.6 Å². The molecular formula is C20H17ClF3N3OS. The lowest BCUT2D eigenvalue weighted by Gasteiger charge is -2.14. The van der Waals surface area contributed by atoms with E-state index < -0.39 is 12.7 Å². The maximum absolute atomic E-state index is 13.1. The summed E-state index contributed by atoms with van der Waals surface area (Å²) in [5.74, 6) is -0.360. The van der Waals surface area contributed by atoms with Gasteiger partial charge < -0.3 is 9.88 Å². The maximum atomic E-state index is 13.1. The number of thioether (sulfide) groups is 1. The lowest BCUT2D eigenvalue weighted by Crippen LogP contribution is -2.25. The molecule has 1 N–H and O–H groups in total. The molecule has 0 atom stereocenters. The number of halogens is 4. The van der Waals surface area contributed by atoms with Crippen molar-refractivity contribution in [3.05, 3.63) is 71.4 Å². The molecule has 2 aromatic carbocycles. The molecule has 0 aliphatic carbocycles. The maximum Gasteiger partial charge on any atom is 0.406 e. The normalized spacial score (nSPS) is 11.4. The number of hydrogen-bond donors (Lipinski definition) is 1. The van der Waals surface area contributed by atoms with E-state index in [0.29, 0.717) is 16.3 Å². The van der Waals surface area contributed by atoms with Gasteiger partial charge in [-0.15, -0.1) is 0 Å². The van der Waals surface area contributed by atoms with Crippen LogP contribution in [-0.2, 0) is 17.9 Å². The largest absolute Gasteiger partial charge is 0.406 e. The van der Waals surface area contributed by atoms with Crippen molar-refractivity contribution in [3.63, 3.8) is 0 Å². The van der Waals surface area contributed by atoms with Gasteiger partial charge in [-0.2, -0.15) is 13.2 Å². The molecule has 4 nitrogen and oxygen atoms in total. The third-order valence-electron chi connectivity index (χ3n) is 3.94. The lowest BCUT2D eigenvalue weighted by molar-refractivity contribution is -0.141. The first-order chi connectivity index (χ1) is 13.8. The molecule has 1 aromatic heterocycles. The highest BCUT2D eigenvalue weighted by Gasteiger charge is 2.31. The van der Waals surface area contributed by atoms with Crippen LogP contribution < -0.4 is 5.32 Å². The summed E-state index contributed by atoms with van der Waals surface area (Å²) in [6.07, 6.45) is -3.01. The zero-order valence-corrected chi connectivity index (χ0v) is 16.7. The van der Waals surface area contributed by atoms with Gasteiger partial charge in [-0.05, 0) is 23.3 Å². The second-order valence-corrected chi connectivity index (χ2v) is 7.57. The van der Waals surface area contributed by atoms with Crippen molar-refractivity contribution in [2.24, 2.45) is 0 Å². The molecule has 0 aliphatic rings. The number of nitrogens with one attached hydrogen (secondary N) is 1. The molecule has 0 saturated heterocycles. The molecule has 0 unspecified atom stereocenters. The smallest absolute Gasteiger partial charge is 0.351 e. The van der Waals surface area contributed by atoms with Gasteiger partial charge in [0.1, 0.15) is 6.54 Å². The highest BCUT2D eigenvalue weighted by Crippen LogP contribution is 2.29. The monoisotopic (exact) mass is 439 g/mol. The summed E-state index contributed by atoms with van der Waals surface area (Å²) in [6.45, 7) is -0.893. The first-order valence-electron chi connectivity index (χ1n) is 8.63. The fraction of sp³-hybridized carbons (Fsp3) is 0.200. The number of imidazole rings is 1. The Labute approximate surface area is 175 Å². The van der Waals surface area contributed by atoms with Crippen molar-refractivity contribution >= 4 is 29.3 Å². The van der Waals surface area contributed by atoms with E-state index in [4.69, 9.17) is 11.6 Å². The van der Waals surface area contributed by atoms with Crippen LogP contribution in [0.4, 0.5) is 13.2 Å². The summed E-state index contributed by atoms with van der Waals surface area (Å²) >= 11 is 6.87. The first kappa shape index (κ1) is 21.3. The quantitative estimate of drug-likeness (QED) is 0.516. The van der Waals surface area contributed by atoms with E-state index in [-0.39, 0.29) is 23.4 Å². The minimum atomic E-state index is -4.41. The molecule has 9 heteroatoms. The minimum Gasteiger partial charge on any atom is -0.351 e. The van der Waals surface area contributed by atoms with E-state index in [1.54, 1.807) is 48.5 Å². The van der Waals surface area contributed by atoms with Crippen molar-refractivity contribution in [1.29, 1.82) is 0 Å². The zero-order chi connectivity index (χ0) is 20.9. The molecule has 152 valence electrons. The average Bonchev–Trinajstić information content (AvgIpc) is 3.06. The Kier molecular flexibility index (Phi) is 6.87. The fourth-order valence-electron chi connectivity index (χ4n) is 2.67. The van der Waals surface area contributed by atoms with Gasteiger partial charge in [-0.1, -0.05) is 65.8 Å². The SMILES string of the molecule is O=C(CSc1ncc(-c2ccccc2)n1CC(F)(F)F)NCc1cccc(Cl)c1. The number of nitrogens with zero attached hydrogens (tertiary/aromatic N) is 2. The predicted molar refractivity (Wildman–Crippen MR) is 108 cm³/mol. The molecule has 0 saturated carbocycles. The van der Waals surface area contributed by atoms with Gasteiger partial charge in [-0.3, -0.25) is 4.79 Å². The van der Waals surface area contributed by atoms with Crippen molar-refractivity contribution in [1.82, 2.24) is 14.9 Å². The Hall–Kier alpha value is -2.45. The summed E-state index contributed by atoms with van der Waals surface area (Å²) in [5.41, 5.74) is 1.81. The third-order valence-corrected chi connectivity index (χ3v) is 5.16. The van der Waals surface area contributed by atoms with E-state index in [2.05, 4.69) is 10.3 Å². The molecule has 29 heavy (non-hydrogen) atoms. The van der Waals surface area contributed by atoms with Crippen molar-refractivity contribution < 1.29 is 18.0 Å². The van der Waals surface area contributed by atoms with Gasteiger partial charge in [0, 0.05) is 11.6 Å². The third kappa shape index (κ3) is 6.27. The van der Waals surface area contributed by atoms with Crippen molar-refractivity contribution in [3.8, 4) is 11.3 Å². The van der Waals surface area contributed by atoms with Crippen LogP contribution in [0.5, 0.6) is 0 Å². The topological polar surface area (TPSA) is 46.9 Å². The molecule has 0 spiro atoms. The molecule has 3 rings (SSSR count). The number of benzene rings is 2. The summed E-state index contributed by atoms with van der Waals surface area (Å²) in [4.78, 5) is 16.2. The second-order valence-electron chi connectivity index (χ2n) is 6.19. The van der Waals surface area contributed by atoms with Crippen LogP contribution in [0.15, 0.2) is 66.0 Å². The summed E-state index contributed by atoms with van der Waals surface area (Å²) in [5, 5.41) is 3.43. The minimum absolute atomic E-state index is 0.0519. The van der Waals surface area contributed by atoms with Crippen molar-refractivity contribution in [2.75, 3.05) is 5.75 Å². The van der Waals surface area contributed by atoms with E-state index in [0.717, 1.165) is 21.9 Å². The molecule has 0 fully saturated rings. The predicted octanol–water partition coefficient (Wildman–Crippen LogP) is 5.17. The van der Waals surface area contributed by atoms with Gasteiger partial charge in [0.25, 0.3) is 0 Å². The van der Waals surface area contributed by atoms with Crippen LogP contribution in [0.3, 0.4) is 0 Å². The van der Waals surface area contributed by atoms with Gasteiger partial charge >= 0.3 is 6.18 Å². The summed E-state index contributed by atoms with van der Waals surface area (Å²) in [6, 6.07) is 15.8. The van der Waals surface area contributed by atoms with Crippen LogP contribution in [-0.4, -0.2) is 27.4 Å². The fourth-order valence-corrected chi connectivity index (χ4v) is 3.70. The van der Waals surface area contributed by atoms with Gasteiger partial charge in [-0.25, -0.2) is 4.98 Å². The highest BCUT2D eigenvalue weighted by molar-refractivity contribution is 7.99. The van der Waals surface area contributed by atoms with Crippen LogP contribution in [0.2, 0.25) is 5.02 Å². The van der Waals surface area contributed by atoms with Crippen LogP contribution >= 0.6 is 23.4 Å². The van der Waals surface area contributed by atoms with E-state index in [9.17, 15) is 18.0 Å². The Morgan fingerprint density at radius 1 is 1.14 bits per heavy atom. The summed E-state index contributed by atoms with van der Waals surface area (Å²) in [7, 11) is 0. The Morgan fingerprint density at radius 3 is 2.59 bits per heavy atom. The van der Waals surface area contributed by atoms with Gasteiger partial charge in [0.15, 0.2) is 5.16 Å². The Morgan fingerprint density at radius 2 is 1.90 bits per heavy atom. The van der Waals surface area contributed by atoms with Crippen LogP contribution in [0, 0.1) is 0 Å². The van der Waals surface area contributed by atoms with E-state index in [1.165, 1.54) is 6.20 Å². The van der Waals surface area contributed by atoms with Gasteiger partial charge in [0.2, 0.25) is 5.91 Å². The number of amides is 1. The molecule has 1 heterocycles. The standard InChI is InChI=1S/C20H17ClF3N3OS/c21-16-8-4-5-14(9-16)10-25-18(28)12-29-19-26-11-17(15-6-2-1-3-7-15)27(19)13-20(22,23)24/h1-9,11H,10,12-13H2,(H,25,28). The second kappa shape index (κ2) is 9.37. The van der Waals surface area contributed by atoms with Crippen LogP contribution in [0.1, 0.15) is 5.56 Å². The van der Waals surface area contributed by atoms with E-state index >= 15 is 0 Å². The Bertz CT molecular complexity index is 977. The molecule has 0 aliphatic heterocycles.